The molecule has 2 rings (SSSR count). The molecular weight excluding hydrogens is 279 g/mol. The SMILES string of the molecule is CC(C)(C=O)c1csc(-c2ccc(F)cc2)n1.CNO. The molecule has 0 aliphatic rings. The lowest BCUT2D eigenvalue weighted by molar-refractivity contribution is -0.111. The molecule has 0 unspecified atom stereocenters. The fourth-order valence-corrected chi connectivity index (χ4v) is 2.36. The Morgan fingerprint density at radius 2 is 1.90 bits per heavy atom. The minimum absolute atomic E-state index is 0.265. The van der Waals surface area contributed by atoms with Crippen molar-refractivity contribution < 1.29 is 14.4 Å². The molecule has 1 heterocycles. The molecule has 0 fully saturated rings. The van der Waals surface area contributed by atoms with Crippen molar-refractivity contribution in [2.75, 3.05) is 7.05 Å². The van der Waals surface area contributed by atoms with Crippen LogP contribution in [-0.2, 0) is 10.2 Å². The molecule has 0 radical (unpaired) electrons. The van der Waals surface area contributed by atoms with Crippen LogP contribution in [0.3, 0.4) is 0 Å². The first-order chi connectivity index (χ1) is 9.44. The number of benzene rings is 1. The van der Waals surface area contributed by atoms with Gasteiger partial charge in [0.25, 0.3) is 0 Å². The molecule has 0 aliphatic carbocycles. The van der Waals surface area contributed by atoms with Gasteiger partial charge in [-0.3, -0.25) is 0 Å². The number of hydroxylamine groups is 1. The summed E-state index contributed by atoms with van der Waals surface area (Å²) >= 11 is 1.46. The van der Waals surface area contributed by atoms with Crippen LogP contribution in [0, 0.1) is 5.82 Å². The number of carbonyl (C=O) groups excluding carboxylic acids is 1. The fraction of sp³-hybridized carbons (Fsp3) is 0.286. The molecule has 0 amide bonds. The molecule has 108 valence electrons. The molecule has 2 N–H and O–H groups in total. The Morgan fingerprint density at radius 3 is 2.40 bits per heavy atom. The van der Waals surface area contributed by atoms with E-state index in [-0.39, 0.29) is 5.82 Å². The molecule has 0 aliphatic heterocycles. The first-order valence-electron chi connectivity index (χ1n) is 5.93. The van der Waals surface area contributed by atoms with Crippen LogP contribution in [0.1, 0.15) is 19.5 Å². The standard InChI is InChI=1S/C13H12FNOS.CH5NO/c1-13(2,8-16)11-7-17-12(15-11)9-3-5-10(14)6-4-9;1-2-3/h3-8H,1-2H3;2-3H,1H3. The molecule has 2 aromatic rings. The first-order valence-corrected chi connectivity index (χ1v) is 6.81. The smallest absolute Gasteiger partial charge is 0.131 e. The van der Waals surface area contributed by atoms with Gasteiger partial charge in [0, 0.05) is 18.0 Å². The number of hydrogen-bond donors (Lipinski definition) is 2. The van der Waals surface area contributed by atoms with Gasteiger partial charge in [0.05, 0.1) is 11.1 Å². The molecule has 0 atom stereocenters. The van der Waals surface area contributed by atoms with Crippen molar-refractivity contribution >= 4 is 17.6 Å². The Hall–Kier alpha value is -1.63. The fourth-order valence-electron chi connectivity index (χ4n) is 1.36. The Bertz CT molecular complexity index is 553. The monoisotopic (exact) mass is 296 g/mol. The highest BCUT2D eigenvalue weighted by molar-refractivity contribution is 7.13. The van der Waals surface area contributed by atoms with Gasteiger partial charge in [-0.2, -0.15) is 0 Å². The van der Waals surface area contributed by atoms with Gasteiger partial charge in [-0.15, -0.1) is 11.3 Å². The van der Waals surface area contributed by atoms with Gasteiger partial charge in [-0.25, -0.2) is 14.9 Å². The van der Waals surface area contributed by atoms with E-state index >= 15 is 0 Å². The lowest BCUT2D eigenvalue weighted by Gasteiger charge is -2.12. The summed E-state index contributed by atoms with van der Waals surface area (Å²) < 4.78 is 12.8. The maximum Gasteiger partial charge on any atom is 0.131 e. The van der Waals surface area contributed by atoms with Crippen LogP contribution in [0.4, 0.5) is 4.39 Å². The van der Waals surface area contributed by atoms with Crippen molar-refractivity contribution in [2.24, 2.45) is 0 Å². The Labute approximate surface area is 121 Å². The van der Waals surface area contributed by atoms with E-state index in [9.17, 15) is 9.18 Å². The van der Waals surface area contributed by atoms with E-state index in [2.05, 4.69) is 4.98 Å². The highest BCUT2D eigenvalue weighted by Crippen LogP contribution is 2.28. The van der Waals surface area contributed by atoms with E-state index in [1.54, 1.807) is 17.6 Å². The van der Waals surface area contributed by atoms with Crippen LogP contribution in [0.5, 0.6) is 0 Å². The van der Waals surface area contributed by atoms with Crippen molar-refractivity contribution in [2.45, 2.75) is 19.3 Å². The molecule has 4 nitrogen and oxygen atoms in total. The molecule has 0 bridgehead atoms. The second-order valence-electron chi connectivity index (χ2n) is 4.61. The maximum absolute atomic E-state index is 12.8. The van der Waals surface area contributed by atoms with Crippen LogP contribution >= 0.6 is 11.3 Å². The molecule has 1 aromatic carbocycles. The summed E-state index contributed by atoms with van der Waals surface area (Å²) in [6.45, 7) is 3.65. The second kappa shape index (κ2) is 7.23. The zero-order chi connectivity index (χ0) is 15.2. The summed E-state index contributed by atoms with van der Waals surface area (Å²) in [4.78, 5) is 15.4. The summed E-state index contributed by atoms with van der Waals surface area (Å²) in [5, 5.41) is 9.99. The van der Waals surface area contributed by atoms with Crippen LogP contribution in [0.2, 0.25) is 0 Å². The first kappa shape index (κ1) is 16.4. The van der Waals surface area contributed by atoms with Crippen molar-refractivity contribution in [3.05, 3.63) is 41.2 Å². The highest BCUT2D eigenvalue weighted by Gasteiger charge is 2.23. The average Bonchev–Trinajstić information content (AvgIpc) is 2.91. The Kier molecular flexibility index (Phi) is 5.94. The van der Waals surface area contributed by atoms with Gasteiger partial charge < -0.3 is 10.0 Å². The van der Waals surface area contributed by atoms with E-state index in [1.165, 1.54) is 30.5 Å². The number of halogens is 1. The number of aldehydes is 1. The van der Waals surface area contributed by atoms with Gasteiger partial charge in [0.15, 0.2) is 0 Å². The summed E-state index contributed by atoms with van der Waals surface area (Å²) in [5.41, 5.74) is 2.79. The highest BCUT2D eigenvalue weighted by atomic mass is 32.1. The molecule has 20 heavy (non-hydrogen) atoms. The third-order valence-corrected chi connectivity index (χ3v) is 3.44. The molecule has 0 saturated heterocycles. The lowest BCUT2D eigenvalue weighted by Crippen LogP contribution is -2.18. The second-order valence-corrected chi connectivity index (χ2v) is 5.47. The van der Waals surface area contributed by atoms with E-state index < -0.39 is 5.41 Å². The van der Waals surface area contributed by atoms with Gasteiger partial charge in [0.2, 0.25) is 0 Å². The topological polar surface area (TPSA) is 62.2 Å². The zero-order valence-electron chi connectivity index (χ0n) is 11.6. The average molecular weight is 296 g/mol. The van der Waals surface area contributed by atoms with Gasteiger partial charge in [-0.05, 0) is 38.1 Å². The van der Waals surface area contributed by atoms with Crippen LogP contribution in [-0.4, -0.2) is 23.5 Å². The van der Waals surface area contributed by atoms with Crippen LogP contribution in [0.25, 0.3) is 10.6 Å². The molecule has 6 heteroatoms. The third-order valence-electron chi connectivity index (χ3n) is 2.55. The normalized spacial score (nSPS) is 10.7. The summed E-state index contributed by atoms with van der Waals surface area (Å²) in [7, 11) is 1.43. The summed E-state index contributed by atoms with van der Waals surface area (Å²) in [5.74, 6) is -0.265. The number of aromatic nitrogens is 1. The van der Waals surface area contributed by atoms with E-state index in [0.717, 1.165) is 22.6 Å². The lowest BCUT2D eigenvalue weighted by atomic mass is 9.92. The van der Waals surface area contributed by atoms with Crippen LogP contribution in [0.15, 0.2) is 29.6 Å². The molecule has 1 aromatic heterocycles. The van der Waals surface area contributed by atoms with E-state index in [1.807, 2.05) is 19.2 Å². The summed E-state index contributed by atoms with van der Waals surface area (Å²) in [6, 6.07) is 6.18. The number of nitrogens with zero attached hydrogens (tertiary/aromatic N) is 1. The van der Waals surface area contributed by atoms with Gasteiger partial charge in [0.1, 0.15) is 17.1 Å². The van der Waals surface area contributed by atoms with E-state index in [4.69, 9.17) is 5.21 Å². The van der Waals surface area contributed by atoms with Crippen LogP contribution < -0.4 is 5.48 Å². The summed E-state index contributed by atoms with van der Waals surface area (Å²) in [6.07, 6.45) is 0.885. The number of rotatable bonds is 3. The quantitative estimate of drug-likeness (QED) is 0.675. The number of nitrogens with one attached hydrogen (secondary N) is 1. The number of thiazole rings is 1. The van der Waals surface area contributed by atoms with Crippen molar-refractivity contribution in [1.82, 2.24) is 10.5 Å². The van der Waals surface area contributed by atoms with Crippen molar-refractivity contribution in [3.8, 4) is 10.6 Å². The molecule has 0 saturated carbocycles. The molecule has 0 spiro atoms. The maximum atomic E-state index is 12.8. The predicted molar refractivity (Wildman–Crippen MR) is 77.4 cm³/mol. The third kappa shape index (κ3) is 4.19. The van der Waals surface area contributed by atoms with E-state index in [0.29, 0.717) is 0 Å². The number of hydrogen-bond acceptors (Lipinski definition) is 5. The Balaban J connectivity index is 0.000000612. The van der Waals surface area contributed by atoms with Gasteiger partial charge in [-0.1, -0.05) is 0 Å². The minimum atomic E-state index is -0.575. The predicted octanol–water partition coefficient (Wildman–Crippen LogP) is 3.02. The number of carbonyl (C=O) groups is 1. The minimum Gasteiger partial charge on any atom is -0.317 e. The van der Waals surface area contributed by atoms with Crippen molar-refractivity contribution in [1.29, 1.82) is 0 Å². The largest absolute Gasteiger partial charge is 0.317 e. The van der Waals surface area contributed by atoms with Gasteiger partial charge >= 0.3 is 0 Å². The molecular formula is C14H17FN2O2S. The van der Waals surface area contributed by atoms with Crippen molar-refractivity contribution in [3.63, 3.8) is 0 Å². The Morgan fingerprint density at radius 1 is 1.35 bits per heavy atom. The zero-order valence-corrected chi connectivity index (χ0v) is 12.4.